The maximum Gasteiger partial charge on any atom is 0.217 e. The van der Waals surface area contributed by atoms with E-state index in [0.717, 1.165) is 47.6 Å². The smallest absolute Gasteiger partial charge is 0.217 e. The van der Waals surface area contributed by atoms with Gasteiger partial charge < -0.3 is 4.74 Å². The summed E-state index contributed by atoms with van der Waals surface area (Å²) in [4.78, 5) is 15.9. The van der Waals surface area contributed by atoms with Crippen molar-refractivity contribution in [2.45, 2.75) is 39.3 Å². The van der Waals surface area contributed by atoms with E-state index in [1.165, 1.54) is 5.56 Å². The highest BCUT2D eigenvalue weighted by Crippen LogP contribution is 2.25. The van der Waals surface area contributed by atoms with Gasteiger partial charge in [-0.3, -0.25) is 4.90 Å². The van der Waals surface area contributed by atoms with Gasteiger partial charge in [0.25, 0.3) is 0 Å². The molecule has 122 valence electrons. The van der Waals surface area contributed by atoms with Crippen LogP contribution in [0.4, 0.5) is 0 Å². The lowest BCUT2D eigenvalue weighted by atomic mass is 10.1. The fourth-order valence-corrected chi connectivity index (χ4v) is 3.17. The topological polar surface area (TPSA) is 51.1 Å². The van der Waals surface area contributed by atoms with Gasteiger partial charge in [0.1, 0.15) is 5.82 Å². The standard InChI is InChI=1S/C17H21BrN4O/c1-11(2)16-19-7-12-4-5-22(10-15(12)21-16)9-13-6-14(18)8-20-17(13)23-3/h6-8,11H,4-5,9-10H2,1-3H3. The van der Waals surface area contributed by atoms with Gasteiger partial charge in [0.15, 0.2) is 0 Å². The Hall–Kier alpha value is -1.53. The fourth-order valence-electron chi connectivity index (χ4n) is 2.79. The van der Waals surface area contributed by atoms with Gasteiger partial charge in [0.05, 0.1) is 12.8 Å². The molecule has 0 aromatic carbocycles. The van der Waals surface area contributed by atoms with Crippen LogP contribution in [0.3, 0.4) is 0 Å². The van der Waals surface area contributed by atoms with Crippen LogP contribution in [0.1, 0.15) is 42.4 Å². The minimum absolute atomic E-state index is 0.352. The molecular formula is C17H21BrN4O. The Morgan fingerprint density at radius 1 is 1.30 bits per heavy atom. The molecule has 1 aliphatic rings. The molecule has 0 saturated carbocycles. The van der Waals surface area contributed by atoms with E-state index in [9.17, 15) is 0 Å². The van der Waals surface area contributed by atoms with Crippen molar-refractivity contribution in [3.05, 3.63) is 45.6 Å². The Kier molecular flexibility index (Phi) is 4.92. The Morgan fingerprint density at radius 3 is 2.87 bits per heavy atom. The van der Waals surface area contributed by atoms with Gasteiger partial charge in [-0.15, -0.1) is 0 Å². The van der Waals surface area contributed by atoms with Crippen molar-refractivity contribution in [2.75, 3.05) is 13.7 Å². The van der Waals surface area contributed by atoms with Gasteiger partial charge in [0.2, 0.25) is 5.88 Å². The first-order chi connectivity index (χ1) is 11.1. The summed E-state index contributed by atoms with van der Waals surface area (Å²) < 4.78 is 6.35. The maximum atomic E-state index is 5.38. The van der Waals surface area contributed by atoms with Crippen molar-refractivity contribution in [1.82, 2.24) is 19.9 Å². The normalized spacial score (nSPS) is 14.8. The SMILES string of the molecule is COc1ncc(Br)cc1CN1CCc2cnc(C(C)C)nc2C1. The molecule has 0 fully saturated rings. The van der Waals surface area contributed by atoms with Crippen molar-refractivity contribution in [3.63, 3.8) is 0 Å². The van der Waals surface area contributed by atoms with Gasteiger partial charge in [-0.1, -0.05) is 13.8 Å². The van der Waals surface area contributed by atoms with Crippen LogP contribution in [0.5, 0.6) is 5.88 Å². The van der Waals surface area contributed by atoms with Gasteiger partial charge in [0, 0.05) is 48.0 Å². The predicted octanol–water partition coefficient (Wildman–Crippen LogP) is 3.32. The van der Waals surface area contributed by atoms with Gasteiger partial charge >= 0.3 is 0 Å². The molecule has 5 nitrogen and oxygen atoms in total. The average molecular weight is 377 g/mol. The number of fused-ring (bicyclic) bond motifs is 1. The van der Waals surface area contributed by atoms with Crippen LogP contribution < -0.4 is 4.74 Å². The summed E-state index contributed by atoms with van der Waals surface area (Å²) in [6.45, 7) is 6.89. The molecule has 6 heteroatoms. The molecule has 0 atom stereocenters. The summed E-state index contributed by atoms with van der Waals surface area (Å²) >= 11 is 3.48. The third-order valence-corrected chi connectivity index (χ3v) is 4.47. The molecule has 3 rings (SSSR count). The van der Waals surface area contributed by atoms with E-state index in [1.54, 1.807) is 13.3 Å². The van der Waals surface area contributed by atoms with Crippen LogP contribution in [0.2, 0.25) is 0 Å². The summed E-state index contributed by atoms with van der Waals surface area (Å²) in [5.74, 6) is 1.96. The third kappa shape index (κ3) is 3.70. The summed E-state index contributed by atoms with van der Waals surface area (Å²) in [6.07, 6.45) is 4.74. The van der Waals surface area contributed by atoms with E-state index in [4.69, 9.17) is 9.72 Å². The number of pyridine rings is 1. The lowest BCUT2D eigenvalue weighted by molar-refractivity contribution is 0.236. The van der Waals surface area contributed by atoms with Crippen LogP contribution in [0.15, 0.2) is 22.9 Å². The zero-order chi connectivity index (χ0) is 16.4. The highest BCUT2D eigenvalue weighted by Gasteiger charge is 2.20. The largest absolute Gasteiger partial charge is 0.481 e. The number of rotatable bonds is 4. The van der Waals surface area contributed by atoms with E-state index in [0.29, 0.717) is 11.8 Å². The zero-order valence-corrected chi connectivity index (χ0v) is 15.3. The second-order valence-electron chi connectivity index (χ2n) is 6.14. The minimum atomic E-state index is 0.352. The lowest BCUT2D eigenvalue weighted by Crippen LogP contribution is -2.31. The summed E-state index contributed by atoms with van der Waals surface area (Å²) in [6, 6.07) is 2.07. The molecular weight excluding hydrogens is 356 g/mol. The summed E-state index contributed by atoms with van der Waals surface area (Å²) in [5.41, 5.74) is 3.50. The Balaban J connectivity index is 1.79. The number of ether oxygens (including phenoxy) is 1. The van der Waals surface area contributed by atoms with Gasteiger partial charge in [-0.05, 0) is 34.0 Å². The van der Waals surface area contributed by atoms with Crippen molar-refractivity contribution in [1.29, 1.82) is 0 Å². The number of hydrogen-bond acceptors (Lipinski definition) is 5. The molecule has 0 spiro atoms. The lowest BCUT2D eigenvalue weighted by Gasteiger charge is -2.28. The van der Waals surface area contributed by atoms with E-state index in [-0.39, 0.29) is 0 Å². The molecule has 0 radical (unpaired) electrons. The molecule has 0 unspecified atom stereocenters. The summed E-state index contributed by atoms with van der Waals surface area (Å²) in [7, 11) is 1.66. The molecule has 0 bridgehead atoms. The number of aromatic nitrogens is 3. The number of halogens is 1. The fraction of sp³-hybridized carbons (Fsp3) is 0.471. The van der Waals surface area contributed by atoms with Crippen molar-refractivity contribution < 1.29 is 4.74 Å². The maximum absolute atomic E-state index is 5.38. The van der Waals surface area contributed by atoms with Crippen LogP contribution in [-0.2, 0) is 19.5 Å². The highest BCUT2D eigenvalue weighted by molar-refractivity contribution is 9.10. The predicted molar refractivity (Wildman–Crippen MR) is 92.4 cm³/mol. The van der Waals surface area contributed by atoms with Gasteiger partial charge in [-0.2, -0.15) is 0 Å². The van der Waals surface area contributed by atoms with E-state index < -0.39 is 0 Å². The Bertz CT molecular complexity index is 705. The number of hydrogen-bond donors (Lipinski definition) is 0. The van der Waals surface area contributed by atoms with E-state index >= 15 is 0 Å². The van der Waals surface area contributed by atoms with Crippen LogP contribution in [0.25, 0.3) is 0 Å². The second-order valence-corrected chi connectivity index (χ2v) is 7.05. The molecule has 2 aromatic rings. The zero-order valence-electron chi connectivity index (χ0n) is 13.7. The van der Waals surface area contributed by atoms with Crippen LogP contribution >= 0.6 is 15.9 Å². The van der Waals surface area contributed by atoms with Crippen molar-refractivity contribution >= 4 is 15.9 Å². The first-order valence-corrected chi connectivity index (χ1v) is 8.61. The van der Waals surface area contributed by atoms with Crippen LogP contribution in [-0.4, -0.2) is 33.5 Å². The molecule has 0 amide bonds. The number of nitrogens with zero attached hydrogens (tertiary/aromatic N) is 4. The summed E-state index contributed by atoms with van der Waals surface area (Å²) in [5, 5.41) is 0. The molecule has 1 aliphatic heterocycles. The molecule has 0 saturated heterocycles. The molecule has 3 heterocycles. The quantitative estimate of drug-likeness (QED) is 0.818. The molecule has 0 aliphatic carbocycles. The average Bonchev–Trinajstić information content (AvgIpc) is 2.54. The molecule has 0 N–H and O–H groups in total. The second kappa shape index (κ2) is 6.93. The number of methoxy groups -OCH3 is 1. The van der Waals surface area contributed by atoms with Crippen molar-refractivity contribution in [2.24, 2.45) is 0 Å². The first-order valence-electron chi connectivity index (χ1n) is 7.82. The van der Waals surface area contributed by atoms with Crippen molar-refractivity contribution in [3.8, 4) is 5.88 Å². The first kappa shape index (κ1) is 16.3. The molecule has 2 aromatic heterocycles. The Labute approximate surface area is 145 Å². The monoisotopic (exact) mass is 376 g/mol. The van der Waals surface area contributed by atoms with Gasteiger partial charge in [-0.25, -0.2) is 15.0 Å². The van der Waals surface area contributed by atoms with E-state index in [2.05, 4.69) is 50.7 Å². The Morgan fingerprint density at radius 2 is 2.13 bits per heavy atom. The van der Waals surface area contributed by atoms with E-state index in [1.807, 2.05) is 6.20 Å². The third-order valence-electron chi connectivity index (χ3n) is 4.04. The molecule has 23 heavy (non-hydrogen) atoms. The van der Waals surface area contributed by atoms with Crippen LogP contribution in [0, 0.1) is 0 Å². The minimum Gasteiger partial charge on any atom is -0.481 e. The highest BCUT2D eigenvalue weighted by atomic mass is 79.9.